The Morgan fingerprint density at radius 1 is 0.967 bits per heavy atom. The second kappa shape index (κ2) is 8.24. The number of carbonyl (C=O) groups excluding carboxylic acids is 1. The molecular weight excluding hydrogens is 389 g/mol. The van der Waals surface area contributed by atoms with Gasteiger partial charge in [-0.15, -0.1) is 0 Å². The lowest BCUT2D eigenvalue weighted by Gasteiger charge is -2.08. The van der Waals surface area contributed by atoms with Crippen molar-refractivity contribution in [2.75, 3.05) is 14.2 Å². The van der Waals surface area contributed by atoms with E-state index >= 15 is 0 Å². The lowest BCUT2D eigenvalue weighted by Crippen LogP contribution is -2.09. The first-order chi connectivity index (χ1) is 14.6. The number of halogens is 1. The third kappa shape index (κ3) is 3.96. The number of hydrogen-bond donors (Lipinski definition) is 0. The van der Waals surface area contributed by atoms with Crippen LogP contribution < -0.4 is 14.2 Å². The number of rotatable bonds is 6. The SMILES string of the molecule is COc1cc(OC)cc(C(=O)Oc2ccc3c(Cc4ccccc4F)noc3c2)c1. The molecule has 0 saturated carbocycles. The summed E-state index contributed by atoms with van der Waals surface area (Å²) in [7, 11) is 3.00. The third-order valence-electron chi connectivity index (χ3n) is 4.63. The smallest absolute Gasteiger partial charge is 0.343 e. The van der Waals surface area contributed by atoms with Crippen LogP contribution in [0.5, 0.6) is 17.2 Å². The number of benzene rings is 3. The Morgan fingerprint density at radius 2 is 1.70 bits per heavy atom. The first kappa shape index (κ1) is 19.4. The summed E-state index contributed by atoms with van der Waals surface area (Å²) in [6.45, 7) is 0. The van der Waals surface area contributed by atoms with Gasteiger partial charge in [-0.2, -0.15) is 0 Å². The van der Waals surface area contributed by atoms with Crippen molar-refractivity contribution in [1.82, 2.24) is 5.16 Å². The van der Waals surface area contributed by atoms with E-state index in [1.165, 1.54) is 20.3 Å². The minimum atomic E-state index is -0.572. The zero-order valence-electron chi connectivity index (χ0n) is 16.3. The molecule has 0 aliphatic carbocycles. The van der Waals surface area contributed by atoms with Crippen LogP contribution >= 0.6 is 0 Å². The number of nitrogens with zero attached hydrogens (tertiary/aromatic N) is 1. The van der Waals surface area contributed by atoms with Gasteiger partial charge < -0.3 is 18.7 Å². The molecule has 0 saturated heterocycles. The van der Waals surface area contributed by atoms with E-state index in [1.54, 1.807) is 54.6 Å². The van der Waals surface area contributed by atoms with Crippen molar-refractivity contribution in [3.8, 4) is 17.2 Å². The van der Waals surface area contributed by atoms with Gasteiger partial charge in [-0.05, 0) is 35.9 Å². The quantitative estimate of drug-likeness (QED) is 0.338. The first-order valence-electron chi connectivity index (χ1n) is 9.14. The summed E-state index contributed by atoms with van der Waals surface area (Å²) in [5.74, 6) is 0.378. The molecule has 152 valence electrons. The molecule has 4 aromatic rings. The van der Waals surface area contributed by atoms with Gasteiger partial charge in [0.05, 0.1) is 25.5 Å². The predicted octanol–water partition coefficient (Wildman–Crippen LogP) is 4.79. The molecule has 0 aliphatic rings. The Balaban J connectivity index is 1.56. The molecule has 0 bridgehead atoms. The number of ether oxygens (including phenoxy) is 3. The molecule has 4 rings (SSSR count). The molecule has 0 aliphatic heterocycles. The molecule has 6 nitrogen and oxygen atoms in total. The molecule has 7 heteroatoms. The van der Waals surface area contributed by atoms with E-state index < -0.39 is 5.97 Å². The van der Waals surface area contributed by atoms with Gasteiger partial charge in [0.2, 0.25) is 0 Å². The first-order valence-corrected chi connectivity index (χ1v) is 9.14. The van der Waals surface area contributed by atoms with Gasteiger partial charge in [0.15, 0.2) is 5.58 Å². The van der Waals surface area contributed by atoms with Crippen molar-refractivity contribution >= 4 is 16.9 Å². The molecule has 0 spiro atoms. The van der Waals surface area contributed by atoms with Crippen LogP contribution in [0.15, 0.2) is 65.2 Å². The average Bonchev–Trinajstić information content (AvgIpc) is 3.16. The van der Waals surface area contributed by atoms with Crippen LogP contribution in [-0.2, 0) is 6.42 Å². The Kier molecular flexibility index (Phi) is 5.34. The van der Waals surface area contributed by atoms with E-state index in [0.717, 1.165) is 5.39 Å². The third-order valence-corrected chi connectivity index (χ3v) is 4.63. The molecule has 0 N–H and O–H groups in total. The Morgan fingerprint density at radius 3 is 2.40 bits per heavy atom. The maximum absolute atomic E-state index is 13.9. The molecule has 30 heavy (non-hydrogen) atoms. The Hall–Kier alpha value is -3.87. The summed E-state index contributed by atoms with van der Waals surface area (Å²) in [4.78, 5) is 12.5. The van der Waals surface area contributed by atoms with Crippen LogP contribution in [-0.4, -0.2) is 25.3 Å². The highest BCUT2D eigenvalue weighted by Crippen LogP contribution is 2.28. The fourth-order valence-electron chi connectivity index (χ4n) is 3.07. The van der Waals surface area contributed by atoms with Gasteiger partial charge in [0, 0.05) is 23.9 Å². The topological polar surface area (TPSA) is 70.8 Å². The van der Waals surface area contributed by atoms with Crippen LogP contribution in [0.1, 0.15) is 21.6 Å². The van der Waals surface area contributed by atoms with Crippen molar-refractivity contribution < 1.29 is 27.9 Å². The number of esters is 1. The molecule has 0 unspecified atom stereocenters. The molecule has 3 aromatic carbocycles. The molecule has 1 aromatic heterocycles. The molecule has 0 amide bonds. The van der Waals surface area contributed by atoms with Gasteiger partial charge in [0.1, 0.15) is 23.1 Å². The summed E-state index contributed by atoms with van der Waals surface area (Å²) in [5.41, 5.74) is 1.85. The molecular formula is C23H18FNO5. The van der Waals surface area contributed by atoms with Gasteiger partial charge >= 0.3 is 5.97 Å². The second-order valence-corrected chi connectivity index (χ2v) is 6.55. The number of aromatic nitrogens is 1. The monoisotopic (exact) mass is 407 g/mol. The van der Waals surface area contributed by atoms with Gasteiger partial charge in [-0.1, -0.05) is 23.4 Å². The summed E-state index contributed by atoms with van der Waals surface area (Å²) in [6, 6.07) is 16.2. The summed E-state index contributed by atoms with van der Waals surface area (Å²) < 4.78 is 35.1. The van der Waals surface area contributed by atoms with E-state index in [0.29, 0.717) is 40.5 Å². The van der Waals surface area contributed by atoms with E-state index in [4.69, 9.17) is 18.7 Å². The maximum Gasteiger partial charge on any atom is 0.343 e. The standard InChI is InChI=1S/C23H18FNO5/c1-27-17-9-15(10-18(12-17)28-2)23(26)29-16-7-8-19-21(25-30-22(19)13-16)11-14-5-3-4-6-20(14)24/h3-10,12-13H,11H2,1-2H3. The van der Waals surface area contributed by atoms with Gasteiger partial charge in [0.25, 0.3) is 0 Å². The second-order valence-electron chi connectivity index (χ2n) is 6.55. The van der Waals surface area contributed by atoms with Crippen LogP contribution in [0.2, 0.25) is 0 Å². The van der Waals surface area contributed by atoms with Gasteiger partial charge in [-0.3, -0.25) is 0 Å². The van der Waals surface area contributed by atoms with Crippen LogP contribution in [0, 0.1) is 5.82 Å². The van der Waals surface area contributed by atoms with Crippen LogP contribution in [0.25, 0.3) is 11.0 Å². The minimum Gasteiger partial charge on any atom is -0.497 e. The van der Waals surface area contributed by atoms with Crippen LogP contribution in [0.4, 0.5) is 4.39 Å². The lowest BCUT2D eigenvalue weighted by atomic mass is 10.1. The van der Waals surface area contributed by atoms with E-state index in [1.807, 2.05) is 0 Å². The normalized spacial score (nSPS) is 10.8. The fraction of sp³-hybridized carbons (Fsp3) is 0.130. The molecule has 0 fully saturated rings. The van der Waals surface area contributed by atoms with E-state index in [2.05, 4.69) is 5.16 Å². The molecule has 0 atom stereocenters. The van der Waals surface area contributed by atoms with Crippen molar-refractivity contribution in [1.29, 1.82) is 0 Å². The van der Waals surface area contributed by atoms with E-state index in [-0.39, 0.29) is 11.4 Å². The minimum absolute atomic E-state index is 0.282. The highest BCUT2D eigenvalue weighted by Gasteiger charge is 2.15. The van der Waals surface area contributed by atoms with Crippen molar-refractivity contribution in [3.63, 3.8) is 0 Å². The highest BCUT2D eigenvalue weighted by molar-refractivity contribution is 5.92. The number of methoxy groups -OCH3 is 2. The van der Waals surface area contributed by atoms with E-state index in [9.17, 15) is 9.18 Å². The van der Waals surface area contributed by atoms with Crippen molar-refractivity contribution in [2.24, 2.45) is 0 Å². The average molecular weight is 407 g/mol. The Labute approximate surface area is 171 Å². The zero-order chi connectivity index (χ0) is 21.1. The molecule has 0 radical (unpaired) electrons. The zero-order valence-corrected chi connectivity index (χ0v) is 16.3. The van der Waals surface area contributed by atoms with Crippen molar-refractivity contribution in [3.05, 3.63) is 83.3 Å². The predicted molar refractivity (Wildman–Crippen MR) is 108 cm³/mol. The lowest BCUT2D eigenvalue weighted by molar-refractivity contribution is 0.0734. The number of fused-ring (bicyclic) bond motifs is 1. The Bertz CT molecular complexity index is 1200. The van der Waals surface area contributed by atoms with Crippen molar-refractivity contribution in [2.45, 2.75) is 6.42 Å². The summed E-state index contributed by atoms with van der Waals surface area (Å²) >= 11 is 0. The maximum atomic E-state index is 13.9. The van der Waals surface area contributed by atoms with Gasteiger partial charge in [-0.25, -0.2) is 9.18 Å². The summed E-state index contributed by atoms with van der Waals surface area (Å²) in [6.07, 6.45) is 0.294. The number of carbonyl (C=O) groups is 1. The largest absolute Gasteiger partial charge is 0.497 e. The highest BCUT2D eigenvalue weighted by atomic mass is 19.1. The fourth-order valence-corrected chi connectivity index (χ4v) is 3.07. The number of hydrogen-bond acceptors (Lipinski definition) is 6. The molecule has 1 heterocycles. The van der Waals surface area contributed by atoms with Crippen LogP contribution in [0.3, 0.4) is 0 Å². The summed E-state index contributed by atoms with van der Waals surface area (Å²) in [5, 5.41) is 4.76.